The molecule has 4 nitrogen and oxygen atoms in total. The monoisotopic (exact) mass is 226 g/mol. The predicted octanol–water partition coefficient (Wildman–Crippen LogP) is 0.343. The Hall–Kier alpha value is -0.610. The third-order valence-electron chi connectivity index (χ3n) is 3.62. The van der Waals surface area contributed by atoms with Crippen LogP contribution >= 0.6 is 0 Å². The molecule has 1 saturated heterocycles. The molecule has 0 aromatic carbocycles. The van der Waals surface area contributed by atoms with Crippen LogP contribution in [0.4, 0.5) is 0 Å². The van der Waals surface area contributed by atoms with Crippen molar-refractivity contribution in [3.63, 3.8) is 0 Å². The zero-order valence-corrected chi connectivity index (χ0v) is 10.1. The molecule has 1 amide bonds. The van der Waals surface area contributed by atoms with Crippen LogP contribution < -0.4 is 5.73 Å². The zero-order chi connectivity index (χ0) is 11.9. The van der Waals surface area contributed by atoms with Gasteiger partial charge in [-0.2, -0.15) is 0 Å². The SMILES string of the molecule is CC(C)C[C@H](N)C(=O)N1CC(O)(C2CC2)C1. The molecule has 3 N–H and O–H groups in total. The van der Waals surface area contributed by atoms with Gasteiger partial charge in [-0.15, -0.1) is 0 Å². The van der Waals surface area contributed by atoms with E-state index in [0.29, 0.717) is 24.9 Å². The summed E-state index contributed by atoms with van der Waals surface area (Å²) in [6.07, 6.45) is 2.93. The fraction of sp³-hybridized carbons (Fsp3) is 0.917. The van der Waals surface area contributed by atoms with Crippen molar-refractivity contribution in [3.8, 4) is 0 Å². The van der Waals surface area contributed by atoms with E-state index in [1.54, 1.807) is 4.90 Å². The van der Waals surface area contributed by atoms with Gasteiger partial charge in [-0.05, 0) is 31.1 Å². The number of amides is 1. The minimum Gasteiger partial charge on any atom is -0.386 e. The Morgan fingerprint density at radius 3 is 2.50 bits per heavy atom. The molecule has 1 aliphatic heterocycles. The van der Waals surface area contributed by atoms with Crippen molar-refractivity contribution in [2.75, 3.05) is 13.1 Å². The Balaban J connectivity index is 1.80. The summed E-state index contributed by atoms with van der Waals surface area (Å²) in [5.74, 6) is 0.861. The van der Waals surface area contributed by atoms with E-state index in [4.69, 9.17) is 5.73 Å². The van der Waals surface area contributed by atoms with E-state index < -0.39 is 11.6 Å². The third-order valence-corrected chi connectivity index (χ3v) is 3.62. The van der Waals surface area contributed by atoms with E-state index in [1.165, 1.54) is 0 Å². The van der Waals surface area contributed by atoms with E-state index >= 15 is 0 Å². The van der Waals surface area contributed by atoms with Gasteiger partial charge in [0, 0.05) is 0 Å². The van der Waals surface area contributed by atoms with E-state index in [-0.39, 0.29) is 5.91 Å². The molecule has 2 rings (SSSR count). The number of hydrogen-bond donors (Lipinski definition) is 2. The molecular weight excluding hydrogens is 204 g/mol. The maximum atomic E-state index is 11.9. The van der Waals surface area contributed by atoms with E-state index in [2.05, 4.69) is 13.8 Å². The molecule has 1 saturated carbocycles. The van der Waals surface area contributed by atoms with Crippen LogP contribution in [-0.4, -0.2) is 40.6 Å². The molecule has 0 bridgehead atoms. The highest BCUT2D eigenvalue weighted by Crippen LogP contribution is 2.44. The molecule has 2 fully saturated rings. The van der Waals surface area contributed by atoms with Gasteiger partial charge >= 0.3 is 0 Å². The average molecular weight is 226 g/mol. The number of nitrogens with zero attached hydrogens (tertiary/aromatic N) is 1. The number of rotatable bonds is 4. The number of carbonyl (C=O) groups is 1. The topological polar surface area (TPSA) is 66.6 Å². The maximum absolute atomic E-state index is 11.9. The van der Waals surface area contributed by atoms with Crippen LogP contribution in [0.3, 0.4) is 0 Å². The molecule has 0 aromatic rings. The number of nitrogens with two attached hydrogens (primary N) is 1. The quantitative estimate of drug-likeness (QED) is 0.726. The minimum atomic E-state index is -0.590. The summed E-state index contributed by atoms with van der Waals surface area (Å²) in [6, 6.07) is -0.399. The first-order chi connectivity index (χ1) is 7.42. The van der Waals surface area contributed by atoms with E-state index in [9.17, 15) is 9.90 Å². The lowest BCUT2D eigenvalue weighted by Crippen LogP contribution is -2.67. The van der Waals surface area contributed by atoms with Crippen molar-refractivity contribution in [2.24, 2.45) is 17.6 Å². The maximum Gasteiger partial charge on any atom is 0.239 e. The number of likely N-dealkylation sites (tertiary alicyclic amines) is 1. The number of aliphatic hydroxyl groups is 1. The molecule has 0 unspecified atom stereocenters. The second-order valence-corrected chi connectivity index (χ2v) is 5.81. The Morgan fingerprint density at radius 1 is 1.50 bits per heavy atom. The first kappa shape index (κ1) is 11.9. The summed E-state index contributed by atoms with van der Waals surface area (Å²) in [6.45, 7) is 5.10. The lowest BCUT2D eigenvalue weighted by molar-refractivity contribution is -0.160. The average Bonchev–Trinajstić information content (AvgIpc) is 2.93. The summed E-state index contributed by atoms with van der Waals surface area (Å²) in [5.41, 5.74) is 5.25. The third kappa shape index (κ3) is 2.23. The van der Waals surface area contributed by atoms with Crippen LogP contribution in [0.25, 0.3) is 0 Å². The Kier molecular flexibility index (Phi) is 2.97. The normalized spacial score (nSPS) is 25.4. The summed E-state index contributed by atoms with van der Waals surface area (Å²) < 4.78 is 0. The molecular formula is C12H22N2O2. The Bertz CT molecular complexity index is 281. The molecule has 2 aliphatic rings. The van der Waals surface area contributed by atoms with Crippen molar-refractivity contribution in [2.45, 2.75) is 44.8 Å². The molecule has 1 aliphatic carbocycles. The van der Waals surface area contributed by atoms with E-state index in [1.807, 2.05) is 0 Å². The minimum absolute atomic E-state index is 0.000903. The second-order valence-electron chi connectivity index (χ2n) is 5.81. The zero-order valence-electron chi connectivity index (χ0n) is 10.1. The van der Waals surface area contributed by atoms with Crippen LogP contribution in [-0.2, 0) is 4.79 Å². The van der Waals surface area contributed by atoms with Crippen LogP contribution in [0.2, 0.25) is 0 Å². The van der Waals surface area contributed by atoms with Crippen LogP contribution in [0.15, 0.2) is 0 Å². The van der Waals surface area contributed by atoms with Gasteiger partial charge in [-0.1, -0.05) is 13.8 Å². The van der Waals surface area contributed by atoms with Crippen molar-refractivity contribution in [1.82, 2.24) is 4.90 Å². The van der Waals surface area contributed by atoms with Crippen LogP contribution in [0, 0.1) is 11.8 Å². The standard InChI is InChI=1S/C12H22N2O2/c1-8(2)5-10(13)11(15)14-6-12(16,7-14)9-3-4-9/h8-10,16H,3-7,13H2,1-2H3/t10-/m0/s1. The van der Waals surface area contributed by atoms with Gasteiger partial charge in [-0.3, -0.25) is 4.79 Å². The molecule has 92 valence electrons. The largest absolute Gasteiger partial charge is 0.386 e. The van der Waals surface area contributed by atoms with Gasteiger partial charge in [0.15, 0.2) is 0 Å². The smallest absolute Gasteiger partial charge is 0.239 e. The Labute approximate surface area is 96.8 Å². The number of carbonyl (C=O) groups excluding carboxylic acids is 1. The second kappa shape index (κ2) is 4.00. The molecule has 1 atom stereocenters. The van der Waals surface area contributed by atoms with Gasteiger partial charge < -0.3 is 15.7 Å². The summed E-state index contributed by atoms with van der Waals surface area (Å²) in [4.78, 5) is 13.6. The molecule has 0 spiro atoms. The molecule has 16 heavy (non-hydrogen) atoms. The highest BCUT2D eigenvalue weighted by Gasteiger charge is 2.53. The fourth-order valence-corrected chi connectivity index (χ4v) is 2.49. The van der Waals surface area contributed by atoms with Crippen molar-refractivity contribution in [1.29, 1.82) is 0 Å². The first-order valence-electron chi connectivity index (χ1n) is 6.19. The summed E-state index contributed by atoms with van der Waals surface area (Å²) in [7, 11) is 0. The van der Waals surface area contributed by atoms with Crippen LogP contribution in [0.1, 0.15) is 33.1 Å². The Morgan fingerprint density at radius 2 is 2.06 bits per heavy atom. The fourth-order valence-electron chi connectivity index (χ4n) is 2.49. The highest BCUT2D eigenvalue weighted by molar-refractivity contribution is 5.82. The highest BCUT2D eigenvalue weighted by atomic mass is 16.3. The number of hydrogen-bond acceptors (Lipinski definition) is 3. The molecule has 1 heterocycles. The number of β-amino-alcohol motifs (C(OH)–C–C–N with tert-alkyl or cyclic N) is 1. The molecule has 0 radical (unpaired) electrons. The van der Waals surface area contributed by atoms with Crippen LogP contribution in [0.5, 0.6) is 0 Å². The summed E-state index contributed by atoms with van der Waals surface area (Å²) >= 11 is 0. The van der Waals surface area contributed by atoms with Gasteiger partial charge in [0.1, 0.15) is 5.60 Å². The van der Waals surface area contributed by atoms with Gasteiger partial charge in [0.25, 0.3) is 0 Å². The van der Waals surface area contributed by atoms with Gasteiger partial charge in [0.2, 0.25) is 5.91 Å². The van der Waals surface area contributed by atoms with Gasteiger partial charge in [-0.25, -0.2) is 0 Å². The predicted molar refractivity (Wildman–Crippen MR) is 61.7 cm³/mol. The van der Waals surface area contributed by atoms with Crippen molar-refractivity contribution >= 4 is 5.91 Å². The summed E-state index contributed by atoms with van der Waals surface area (Å²) in [5, 5.41) is 10.1. The van der Waals surface area contributed by atoms with E-state index in [0.717, 1.165) is 19.3 Å². The lowest BCUT2D eigenvalue weighted by atomic mass is 9.87. The molecule has 4 heteroatoms. The van der Waals surface area contributed by atoms with Crippen molar-refractivity contribution in [3.05, 3.63) is 0 Å². The van der Waals surface area contributed by atoms with Crippen molar-refractivity contribution < 1.29 is 9.90 Å². The lowest BCUT2D eigenvalue weighted by Gasteiger charge is -2.47. The first-order valence-corrected chi connectivity index (χ1v) is 6.19. The van der Waals surface area contributed by atoms with Gasteiger partial charge in [0.05, 0.1) is 19.1 Å². The molecule has 0 aromatic heterocycles.